The molecule has 118 valence electrons. The summed E-state index contributed by atoms with van der Waals surface area (Å²) in [5.41, 5.74) is 3.08. The van der Waals surface area contributed by atoms with Crippen LogP contribution in [0.25, 0.3) is 16.7 Å². The normalized spacial score (nSPS) is 11.0. The van der Waals surface area contributed by atoms with Crippen LogP contribution >= 0.6 is 27.7 Å². The molecular formula is C18H13BrN4S. The van der Waals surface area contributed by atoms with Crippen LogP contribution in [0.5, 0.6) is 0 Å². The summed E-state index contributed by atoms with van der Waals surface area (Å²) in [6.07, 6.45) is 3.44. The highest BCUT2D eigenvalue weighted by atomic mass is 79.9. The predicted octanol–water partition coefficient (Wildman–Crippen LogP) is 4.87. The molecule has 0 saturated heterocycles. The summed E-state index contributed by atoms with van der Waals surface area (Å²) in [5.74, 6) is 0.857. The Hall–Kier alpha value is -2.18. The fourth-order valence-corrected chi connectivity index (χ4v) is 3.61. The lowest BCUT2D eigenvalue weighted by Crippen LogP contribution is -1.97. The van der Waals surface area contributed by atoms with Gasteiger partial charge in [0.2, 0.25) is 0 Å². The number of para-hydroxylation sites is 1. The van der Waals surface area contributed by atoms with Crippen molar-refractivity contribution in [3.63, 3.8) is 0 Å². The fourth-order valence-electron chi connectivity index (χ4n) is 2.43. The Morgan fingerprint density at radius 3 is 2.54 bits per heavy atom. The lowest BCUT2D eigenvalue weighted by molar-refractivity contribution is 0.893. The lowest BCUT2D eigenvalue weighted by atomic mass is 10.2. The van der Waals surface area contributed by atoms with Gasteiger partial charge < -0.3 is 0 Å². The van der Waals surface area contributed by atoms with Gasteiger partial charge in [-0.15, -0.1) is 11.8 Å². The van der Waals surface area contributed by atoms with Crippen molar-refractivity contribution in [3.8, 4) is 5.69 Å². The van der Waals surface area contributed by atoms with Gasteiger partial charge in [-0.1, -0.05) is 46.3 Å². The standard InChI is InChI=1S/C18H13BrN4S/c19-14-8-6-13(7-9-14)11-24-18-16-10-22-23(17(16)20-12-21-18)15-4-2-1-3-5-15/h1-10,12H,11H2. The number of aromatic nitrogens is 4. The maximum Gasteiger partial charge on any atom is 0.167 e. The van der Waals surface area contributed by atoms with Crippen LogP contribution in [0.1, 0.15) is 5.56 Å². The molecule has 0 aliphatic rings. The largest absolute Gasteiger partial charge is 0.229 e. The first-order valence-corrected chi connectivity index (χ1v) is 9.20. The first kappa shape index (κ1) is 15.4. The van der Waals surface area contributed by atoms with Crippen molar-refractivity contribution in [1.82, 2.24) is 19.7 Å². The molecule has 0 radical (unpaired) electrons. The second-order valence-corrected chi connectivity index (χ2v) is 7.10. The van der Waals surface area contributed by atoms with Crippen LogP contribution in [-0.4, -0.2) is 19.7 Å². The molecule has 0 saturated carbocycles. The number of fused-ring (bicyclic) bond motifs is 1. The molecule has 0 atom stereocenters. The van der Waals surface area contributed by atoms with Gasteiger partial charge in [0.15, 0.2) is 5.65 Å². The third kappa shape index (κ3) is 3.07. The quantitative estimate of drug-likeness (QED) is 0.364. The molecule has 2 aromatic carbocycles. The number of hydrogen-bond acceptors (Lipinski definition) is 4. The number of thioether (sulfide) groups is 1. The van der Waals surface area contributed by atoms with Crippen LogP contribution in [-0.2, 0) is 5.75 Å². The van der Waals surface area contributed by atoms with Crippen molar-refractivity contribution in [2.45, 2.75) is 10.8 Å². The van der Waals surface area contributed by atoms with E-state index in [9.17, 15) is 0 Å². The lowest BCUT2D eigenvalue weighted by Gasteiger charge is -2.04. The van der Waals surface area contributed by atoms with Crippen molar-refractivity contribution in [1.29, 1.82) is 0 Å². The Morgan fingerprint density at radius 1 is 0.958 bits per heavy atom. The second-order valence-electron chi connectivity index (χ2n) is 5.22. The van der Waals surface area contributed by atoms with Crippen molar-refractivity contribution >= 4 is 38.7 Å². The van der Waals surface area contributed by atoms with Gasteiger partial charge in [0.1, 0.15) is 11.4 Å². The van der Waals surface area contributed by atoms with E-state index >= 15 is 0 Å². The third-order valence-electron chi connectivity index (χ3n) is 3.62. The Bertz CT molecular complexity index is 967. The topological polar surface area (TPSA) is 43.6 Å². The van der Waals surface area contributed by atoms with Crippen LogP contribution in [0.4, 0.5) is 0 Å². The minimum Gasteiger partial charge on any atom is -0.229 e. The molecule has 0 bridgehead atoms. The first-order valence-electron chi connectivity index (χ1n) is 7.43. The molecule has 2 heterocycles. The van der Waals surface area contributed by atoms with E-state index in [0.717, 1.165) is 32.0 Å². The van der Waals surface area contributed by atoms with Crippen molar-refractivity contribution < 1.29 is 0 Å². The Kier molecular flexibility index (Phi) is 4.32. The zero-order chi connectivity index (χ0) is 16.4. The molecule has 0 unspecified atom stereocenters. The van der Waals surface area contributed by atoms with Crippen molar-refractivity contribution in [3.05, 3.63) is 77.2 Å². The maximum atomic E-state index is 4.49. The molecular weight excluding hydrogens is 384 g/mol. The van der Waals surface area contributed by atoms with E-state index in [4.69, 9.17) is 0 Å². The first-order chi connectivity index (χ1) is 11.8. The SMILES string of the molecule is Brc1ccc(CSc2ncnc3c2cnn3-c2ccccc2)cc1. The van der Waals surface area contributed by atoms with E-state index in [0.29, 0.717) is 0 Å². The highest BCUT2D eigenvalue weighted by Crippen LogP contribution is 2.28. The minimum atomic E-state index is 0.828. The minimum absolute atomic E-state index is 0.828. The van der Waals surface area contributed by atoms with Gasteiger partial charge in [0, 0.05) is 10.2 Å². The molecule has 4 nitrogen and oxygen atoms in total. The van der Waals surface area contributed by atoms with Gasteiger partial charge in [-0.2, -0.15) is 5.10 Å². The summed E-state index contributed by atoms with van der Waals surface area (Å²) < 4.78 is 2.94. The fraction of sp³-hybridized carbons (Fsp3) is 0.0556. The van der Waals surface area contributed by atoms with Crippen LogP contribution < -0.4 is 0 Å². The van der Waals surface area contributed by atoms with Crippen LogP contribution in [0.3, 0.4) is 0 Å². The van der Waals surface area contributed by atoms with Gasteiger partial charge in [-0.05, 0) is 29.8 Å². The molecule has 0 amide bonds. The van der Waals surface area contributed by atoms with E-state index in [1.807, 2.05) is 41.2 Å². The van der Waals surface area contributed by atoms with Gasteiger partial charge in [0.05, 0.1) is 17.3 Å². The maximum absolute atomic E-state index is 4.49. The summed E-state index contributed by atoms with van der Waals surface area (Å²) in [5, 5.41) is 6.41. The number of hydrogen-bond donors (Lipinski definition) is 0. The monoisotopic (exact) mass is 396 g/mol. The summed E-state index contributed by atoms with van der Waals surface area (Å²) >= 11 is 5.16. The van der Waals surface area contributed by atoms with E-state index in [-0.39, 0.29) is 0 Å². The number of rotatable bonds is 4. The molecule has 4 rings (SSSR count). The van der Waals surface area contributed by atoms with E-state index in [1.165, 1.54) is 5.56 Å². The molecule has 4 aromatic rings. The molecule has 0 spiro atoms. The van der Waals surface area contributed by atoms with Gasteiger partial charge in [-0.25, -0.2) is 14.6 Å². The average molecular weight is 397 g/mol. The van der Waals surface area contributed by atoms with E-state index < -0.39 is 0 Å². The summed E-state index contributed by atoms with van der Waals surface area (Å²) in [4.78, 5) is 8.85. The second kappa shape index (κ2) is 6.75. The summed E-state index contributed by atoms with van der Waals surface area (Å²) in [6, 6.07) is 18.3. The predicted molar refractivity (Wildman–Crippen MR) is 100 cm³/mol. The Morgan fingerprint density at radius 2 is 1.75 bits per heavy atom. The zero-order valence-electron chi connectivity index (χ0n) is 12.6. The number of halogens is 1. The molecule has 2 aromatic heterocycles. The van der Waals surface area contributed by atoms with Crippen LogP contribution in [0.15, 0.2) is 76.6 Å². The Balaban J connectivity index is 1.65. The third-order valence-corrected chi connectivity index (χ3v) is 5.22. The van der Waals surface area contributed by atoms with E-state index in [2.05, 4.69) is 55.3 Å². The molecule has 24 heavy (non-hydrogen) atoms. The molecule has 0 fully saturated rings. The van der Waals surface area contributed by atoms with Crippen LogP contribution in [0.2, 0.25) is 0 Å². The van der Waals surface area contributed by atoms with Crippen molar-refractivity contribution in [2.75, 3.05) is 0 Å². The van der Waals surface area contributed by atoms with E-state index in [1.54, 1.807) is 18.1 Å². The van der Waals surface area contributed by atoms with Crippen LogP contribution in [0, 0.1) is 0 Å². The summed E-state index contributed by atoms with van der Waals surface area (Å²) in [7, 11) is 0. The molecule has 0 aliphatic carbocycles. The van der Waals surface area contributed by atoms with Crippen molar-refractivity contribution in [2.24, 2.45) is 0 Å². The highest BCUT2D eigenvalue weighted by molar-refractivity contribution is 9.10. The zero-order valence-corrected chi connectivity index (χ0v) is 15.0. The number of benzene rings is 2. The average Bonchev–Trinajstić information content (AvgIpc) is 3.07. The Labute approximate surface area is 152 Å². The smallest absolute Gasteiger partial charge is 0.167 e. The van der Waals surface area contributed by atoms with Gasteiger partial charge in [-0.3, -0.25) is 0 Å². The number of nitrogens with zero attached hydrogens (tertiary/aromatic N) is 4. The summed E-state index contributed by atoms with van der Waals surface area (Å²) in [6.45, 7) is 0. The van der Waals surface area contributed by atoms with Gasteiger partial charge >= 0.3 is 0 Å². The highest BCUT2D eigenvalue weighted by Gasteiger charge is 2.11. The van der Waals surface area contributed by atoms with Gasteiger partial charge in [0.25, 0.3) is 0 Å². The molecule has 6 heteroatoms. The molecule has 0 N–H and O–H groups in total. The molecule has 0 aliphatic heterocycles.